The molecular weight excluding hydrogens is 319 g/mol. The van der Waals surface area contributed by atoms with Crippen LogP contribution in [0.4, 0.5) is 4.39 Å². The fraction of sp³-hybridized carbons (Fsp3) is 0.353. The summed E-state index contributed by atoms with van der Waals surface area (Å²) >= 11 is 6.25. The lowest BCUT2D eigenvalue weighted by atomic mass is 10.1. The Balaban J connectivity index is 2.10. The molecule has 0 spiro atoms. The second-order valence-electron chi connectivity index (χ2n) is 5.08. The van der Waals surface area contributed by atoms with Crippen LogP contribution in [0.25, 0.3) is 0 Å². The Bertz CT molecular complexity index is 667. The Morgan fingerprint density at radius 3 is 2.74 bits per heavy atom. The monoisotopic (exact) mass is 338 g/mol. The van der Waals surface area contributed by atoms with Gasteiger partial charge < -0.3 is 14.8 Å². The molecule has 0 fully saturated rings. The molecular formula is C17H20ClFN2O2. The smallest absolute Gasteiger partial charge is 0.179 e. The minimum absolute atomic E-state index is 0.0467. The molecule has 1 heterocycles. The summed E-state index contributed by atoms with van der Waals surface area (Å²) in [7, 11) is 1.58. The summed E-state index contributed by atoms with van der Waals surface area (Å²) in [5, 5.41) is 3.81. The van der Waals surface area contributed by atoms with E-state index in [1.165, 1.54) is 12.3 Å². The molecule has 0 aliphatic heterocycles. The molecule has 0 unspecified atom stereocenters. The van der Waals surface area contributed by atoms with Gasteiger partial charge in [-0.15, -0.1) is 0 Å². The molecule has 0 aliphatic rings. The van der Waals surface area contributed by atoms with Crippen molar-refractivity contribution in [2.45, 2.75) is 26.4 Å². The summed E-state index contributed by atoms with van der Waals surface area (Å²) in [5.41, 5.74) is 1.74. The number of hydrogen-bond acceptors (Lipinski definition) is 4. The summed E-state index contributed by atoms with van der Waals surface area (Å²) in [6.07, 6.45) is 2.83. The van der Waals surface area contributed by atoms with Crippen LogP contribution in [0.5, 0.6) is 11.5 Å². The van der Waals surface area contributed by atoms with Gasteiger partial charge in [0.15, 0.2) is 11.5 Å². The third-order valence-corrected chi connectivity index (χ3v) is 3.70. The lowest BCUT2D eigenvalue weighted by Crippen LogP contribution is -2.18. The molecule has 6 heteroatoms. The number of hydrogen-bond donors (Lipinski definition) is 1. The van der Waals surface area contributed by atoms with Gasteiger partial charge >= 0.3 is 0 Å². The van der Waals surface area contributed by atoms with Crippen molar-refractivity contribution in [2.24, 2.45) is 0 Å². The molecule has 1 atom stereocenters. The first kappa shape index (κ1) is 17.5. The molecule has 2 rings (SSSR count). The molecule has 1 aromatic heterocycles. The number of ether oxygens (including phenoxy) is 2. The van der Waals surface area contributed by atoms with E-state index in [0.29, 0.717) is 29.7 Å². The number of benzene rings is 1. The molecule has 0 saturated carbocycles. The van der Waals surface area contributed by atoms with Crippen LogP contribution in [0.15, 0.2) is 30.6 Å². The van der Waals surface area contributed by atoms with Crippen molar-refractivity contribution < 1.29 is 13.9 Å². The number of pyridine rings is 1. The third kappa shape index (κ3) is 4.56. The van der Waals surface area contributed by atoms with Crippen molar-refractivity contribution in [1.82, 2.24) is 10.3 Å². The maximum Gasteiger partial charge on any atom is 0.179 e. The predicted molar refractivity (Wildman–Crippen MR) is 88.6 cm³/mol. The number of methoxy groups -OCH3 is 1. The highest BCUT2D eigenvalue weighted by atomic mass is 35.5. The fourth-order valence-corrected chi connectivity index (χ4v) is 2.50. The van der Waals surface area contributed by atoms with Crippen LogP contribution >= 0.6 is 11.6 Å². The van der Waals surface area contributed by atoms with Gasteiger partial charge in [-0.2, -0.15) is 0 Å². The van der Waals surface area contributed by atoms with Crippen molar-refractivity contribution >= 4 is 11.6 Å². The Kier molecular flexibility index (Phi) is 6.19. The number of halogens is 2. The number of aromatic nitrogens is 1. The van der Waals surface area contributed by atoms with Crippen LogP contribution in [-0.4, -0.2) is 18.7 Å². The highest BCUT2D eigenvalue weighted by Crippen LogP contribution is 2.36. The maximum atomic E-state index is 13.2. The lowest BCUT2D eigenvalue weighted by molar-refractivity contribution is 0.311. The van der Waals surface area contributed by atoms with E-state index < -0.39 is 0 Å². The van der Waals surface area contributed by atoms with E-state index >= 15 is 0 Å². The van der Waals surface area contributed by atoms with E-state index in [4.69, 9.17) is 21.1 Å². The zero-order valence-corrected chi connectivity index (χ0v) is 14.2. The molecule has 0 aliphatic carbocycles. The quantitative estimate of drug-likeness (QED) is 0.824. The van der Waals surface area contributed by atoms with E-state index in [-0.39, 0.29) is 11.9 Å². The first-order chi connectivity index (χ1) is 11.0. The first-order valence-corrected chi connectivity index (χ1v) is 7.76. The van der Waals surface area contributed by atoms with Gasteiger partial charge in [-0.25, -0.2) is 4.39 Å². The second kappa shape index (κ2) is 8.13. The number of nitrogens with zero attached hydrogens (tertiary/aromatic N) is 1. The van der Waals surface area contributed by atoms with E-state index in [1.807, 2.05) is 26.0 Å². The van der Waals surface area contributed by atoms with Gasteiger partial charge in [-0.3, -0.25) is 4.98 Å². The second-order valence-corrected chi connectivity index (χ2v) is 5.49. The van der Waals surface area contributed by atoms with Crippen molar-refractivity contribution in [1.29, 1.82) is 0 Å². The molecule has 0 amide bonds. The van der Waals surface area contributed by atoms with Gasteiger partial charge in [0.25, 0.3) is 0 Å². The fourth-order valence-electron chi connectivity index (χ4n) is 2.21. The van der Waals surface area contributed by atoms with E-state index in [2.05, 4.69) is 10.3 Å². The van der Waals surface area contributed by atoms with Gasteiger partial charge in [0, 0.05) is 18.8 Å². The Labute approximate surface area is 140 Å². The Morgan fingerprint density at radius 2 is 2.09 bits per heavy atom. The van der Waals surface area contributed by atoms with E-state index in [9.17, 15) is 4.39 Å². The van der Waals surface area contributed by atoms with Gasteiger partial charge in [0.2, 0.25) is 0 Å². The van der Waals surface area contributed by atoms with Crippen LogP contribution in [-0.2, 0) is 6.54 Å². The van der Waals surface area contributed by atoms with Crippen LogP contribution < -0.4 is 14.8 Å². The molecule has 4 nitrogen and oxygen atoms in total. The molecule has 0 saturated heterocycles. The zero-order valence-electron chi connectivity index (χ0n) is 13.4. The third-order valence-electron chi connectivity index (χ3n) is 3.42. The topological polar surface area (TPSA) is 43.4 Å². The van der Waals surface area contributed by atoms with Crippen molar-refractivity contribution in [2.75, 3.05) is 13.7 Å². The molecule has 0 bridgehead atoms. The van der Waals surface area contributed by atoms with E-state index in [1.54, 1.807) is 13.3 Å². The van der Waals surface area contributed by atoms with E-state index in [0.717, 1.165) is 11.1 Å². The molecule has 1 aromatic carbocycles. The normalized spacial score (nSPS) is 12.0. The molecule has 0 radical (unpaired) electrons. The SMILES string of the molecule is CCOc1c(Cl)cc(CN[C@H](C)c2cncc(F)c2)cc1OC. The van der Waals surface area contributed by atoms with Crippen LogP contribution in [0.3, 0.4) is 0 Å². The van der Waals surface area contributed by atoms with Crippen LogP contribution in [0.2, 0.25) is 5.02 Å². The minimum Gasteiger partial charge on any atom is -0.493 e. The Morgan fingerprint density at radius 1 is 1.30 bits per heavy atom. The molecule has 23 heavy (non-hydrogen) atoms. The van der Waals surface area contributed by atoms with Gasteiger partial charge in [0.05, 0.1) is 24.9 Å². The largest absolute Gasteiger partial charge is 0.493 e. The first-order valence-electron chi connectivity index (χ1n) is 7.38. The average Bonchev–Trinajstić information content (AvgIpc) is 2.54. The molecule has 124 valence electrons. The summed E-state index contributed by atoms with van der Waals surface area (Å²) in [5.74, 6) is 0.793. The summed E-state index contributed by atoms with van der Waals surface area (Å²) in [6, 6.07) is 5.13. The number of nitrogens with one attached hydrogen (secondary N) is 1. The summed E-state index contributed by atoms with van der Waals surface area (Å²) in [6.45, 7) is 4.90. The Hall–Kier alpha value is -1.85. The van der Waals surface area contributed by atoms with Crippen molar-refractivity contribution in [3.63, 3.8) is 0 Å². The van der Waals surface area contributed by atoms with Crippen molar-refractivity contribution in [3.05, 3.63) is 52.6 Å². The van der Waals surface area contributed by atoms with Gasteiger partial charge in [-0.05, 0) is 43.2 Å². The summed E-state index contributed by atoms with van der Waals surface area (Å²) in [4.78, 5) is 3.86. The van der Waals surface area contributed by atoms with Crippen LogP contribution in [0, 0.1) is 5.82 Å². The molecule has 2 aromatic rings. The zero-order chi connectivity index (χ0) is 16.8. The van der Waals surface area contributed by atoms with Crippen LogP contribution in [0.1, 0.15) is 31.0 Å². The summed E-state index contributed by atoms with van der Waals surface area (Å²) < 4.78 is 24.0. The molecule has 1 N–H and O–H groups in total. The highest BCUT2D eigenvalue weighted by molar-refractivity contribution is 6.32. The standard InChI is InChI=1S/C17H20ClFN2O2/c1-4-23-17-15(18)5-12(6-16(17)22-3)8-21-11(2)13-7-14(19)10-20-9-13/h5-7,9-11,21H,4,8H2,1-3H3/t11-/m1/s1. The average molecular weight is 339 g/mol. The minimum atomic E-state index is -0.345. The number of rotatable bonds is 7. The van der Waals surface area contributed by atoms with Crippen molar-refractivity contribution in [3.8, 4) is 11.5 Å². The van der Waals surface area contributed by atoms with Gasteiger partial charge in [0.1, 0.15) is 5.82 Å². The predicted octanol–water partition coefficient (Wildman–Crippen LogP) is 4.13. The van der Waals surface area contributed by atoms with Gasteiger partial charge in [-0.1, -0.05) is 11.6 Å². The maximum absolute atomic E-state index is 13.2. The lowest BCUT2D eigenvalue weighted by Gasteiger charge is -2.16. The highest BCUT2D eigenvalue weighted by Gasteiger charge is 2.13.